The molecule has 0 aliphatic rings. The minimum atomic E-state index is -3.36. The summed E-state index contributed by atoms with van der Waals surface area (Å²) in [6.45, 7) is 0. The Morgan fingerprint density at radius 1 is 1.44 bits per heavy atom. The number of esters is 1. The van der Waals surface area contributed by atoms with Crippen molar-refractivity contribution in [1.29, 1.82) is 0 Å². The SMILES string of the molecule is COC(=O)c1cc(NS(C)(=O)=O)ccc1Br. The van der Waals surface area contributed by atoms with Gasteiger partial charge in [0.2, 0.25) is 10.0 Å². The highest BCUT2D eigenvalue weighted by Crippen LogP contribution is 2.22. The van der Waals surface area contributed by atoms with Gasteiger partial charge in [0.15, 0.2) is 0 Å². The molecule has 16 heavy (non-hydrogen) atoms. The molecule has 0 amide bonds. The van der Waals surface area contributed by atoms with Gasteiger partial charge in [0, 0.05) is 10.2 Å². The van der Waals surface area contributed by atoms with Crippen molar-refractivity contribution in [3.05, 3.63) is 28.2 Å². The third-order valence-corrected chi connectivity index (χ3v) is 2.97. The van der Waals surface area contributed by atoms with E-state index in [4.69, 9.17) is 0 Å². The van der Waals surface area contributed by atoms with Crippen molar-refractivity contribution in [2.24, 2.45) is 0 Å². The molecule has 88 valence electrons. The molecule has 0 bridgehead atoms. The first-order chi connectivity index (χ1) is 7.33. The van der Waals surface area contributed by atoms with Gasteiger partial charge in [-0.15, -0.1) is 0 Å². The van der Waals surface area contributed by atoms with Gasteiger partial charge in [0.05, 0.1) is 18.9 Å². The number of rotatable bonds is 3. The van der Waals surface area contributed by atoms with Crippen molar-refractivity contribution in [3.63, 3.8) is 0 Å². The first kappa shape index (κ1) is 13.0. The fraction of sp³-hybridized carbons (Fsp3) is 0.222. The summed E-state index contributed by atoms with van der Waals surface area (Å²) in [6, 6.07) is 4.51. The third kappa shape index (κ3) is 3.49. The molecule has 1 aromatic carbocycles. The first-order valence-electron chi connectivity index (χ1n) is 4.19. The number of nitrogens with one attached hydrogen (secondary N) is 1. The lowest BCUT2D eigenvalue weighted by atomic mass is 10.2. The topological polar surface area (TPSA) is 72.5 Å². The van der Waals surface area contributed by atoms with Crippen molar-refractivity contribution in [2.75, 3.05) is 18.1 Å². The molecule has 0 aliphatic carbocycles. The molecule has 0 saturated heterocycles. The van der Waals surface area contributed by atoms with Crippen LogP contribution in [0.4, 0.5) is 5.69 Å². The van der Waals surface area contributed by atoms with E-state index in [-0.39, 0.29) is 5.56 Å². The van der Waals surface area contributed by atoms with Crippen LogP contribution in [0.25, 0.3) is 0 Å². The van der Waals surface area contributed by atoms with Crippen LogP contribution in [0.3, 0.4) is 0 Å². The van der Waals surface area contributed by atoms with Crippen LogP contribution in [0.1, 0.15) is 10.4 Å². The van der Waals surface area contributed by atoms with Gasteiger partial charge in [-0.25, -0.2) is 13.2 Å². The Bertz CT molecular complexity index is 512. The molecule has 0 aromatic heterocycles. The minimum Gasteiger partial charge on any atom is -0.465 e. The molecule has 0 unspecified atom stereocenters. The normalized spacial score (nSPS) is 10.9. The monoisotopic (exact) mass is 307 g/mol. The molecule has 0 saturated carbocycles. The smallest absolute Gasteiger partial charge is 0.339 e. The number of benzene rings is 1. The predicted molar refractivity (Wildman–Crippen MR) is 63.9 cm³/mol. The summed E-state index contributed by atoms with van der Waals surface area (Å²) in [7, 11) is -2.10. The van der Waals surface area contributed by atoms with Gasteiger partial charge in [0.1, 0.15) is 0 Å². The molecule has 1 rings (SSSR count). The van der Waals surface area contributed by atoms with Crippen molar-refractivity contribution in [1.82, 2.24) is 0 Å². The zero-order valence-electron chi connectivity index (χ0n) is 8.65. The van der Waals surface area contributed by atoms with E-state index >= 15 is 0 Å². The Morgan fingerprint density at radius 3 is 2.56 bits per heavy atom. The average Bonchev–Trinajstić information content (AvgIpc) is 2.18. The van der Waals surface area contributed by atoms with Gasteiger partial charge < -0.3 is 4.74 Å². The predicted octanol–water partition coefficient (Wildman–Crippen LogP) is 1.61. The van der Waals surface area contributed by atoms with Gasteiger partial charge in [-0.3, -0.25) is 4.72 Å². The summed E-state index contributed by atoms with van der Waals surface area (Å²) in [5.41, 5.74) is 0.572. The van der Waals surface area contributed by atoms with E-state index < -0.39 is 16.0 Å². The van der Waals surface area contributed by atoms with Crippen LogP contribution in [0.5, 0.6) is 0 Å². The van der Waals surface area contributed by atoms with Crippen molar-refractivity contribution in [3.8, 4) is 0 Å². The highest BCUT2D eigenvalue weighted by molar-refractivity contribution is 9.10. The molecular weight excluding hydrogens is 298 g/mol. The Kier molecular flexibility index (Phi) is 3.93. The number of halogens is 1. The average molecular weight is 308 g/mol. The van der Waals surface area contributed by atoms with Crippen molar-refractivity contribution >= 4 is 37.6 Å². The maximum absolute atomic E-state index is 11.3. The standard InChI is InChI=1S/C9H10BrNO4S/c1-15-9(12)7-5-6(3-4-8(7)10)11-16(2,13)14/h3-5,11H,1-2H3. The number of methoxy groups -OCH3 is 1. The summed E-state index contributed by atoms with van der Waals surface area (Å²) < 4.78 is 29.4. The van der Waals surface area contributed by atoms with Gasteiger partial charge in [0.25, 0.3) is 0 Å². The first-order valence-corrected chi connectivity index (χ1v) is 6.87. The lowest BCUT2D eigenvalue weighted by molar-refractivity contribution is 0.0599. The number of carbonyl (C=O) groups excluding carboxylic acids is 1. The lowest BCUT2D eigenvalue weighted by Crippen LogP contribution is -2.11. The summed E-state index contributed by atoms with van der Waals surface area (Å²) in [5, 5.41) is 0. The summed E-state index contributed by atoms with van der Waals surface area (Å²) >= 11 is 3.17. The van der Waals surface area contributed by atoms with E-state index in [2.05, 4.69) is 25.4 Å². The molecule has 0 aliphatic heterocycles. The fourth-order valence-corrected chi connectivity index (χ4v) is 2.03. The van der Waals surface area contributed by atoms with E-state index in [0.29, 0.717) is 10.2 Å². The van der Waals surface area contributed by atoms with Crippen LogP contribution >= 0.6 is 15.9 Å². The summed E-state index contributed by atoms with van der Waals surface area (Å²) in [4.78, 5) is 11.3. The van der Waals surface area contributed by atoms with Crippen molar-refractivity contribution in [2.45, 2.75) is 0 Å². The molecule has 5 nitrogen and oxygen atoms in total. The number of sulfonamides is 1. The van der Waals surface area contributed by atoms with E-state index in [0.717, 1.165) is 6.26 Å². The van der Waals surface area contributed by atoms with E-state index in [1.165, 1.54) is 19.2 Å². The number of hydrogen-bond donors (Lipinski definition) is 1. The van der Waals surface area contributed by atoms with Crippen LogP contribution in [0.15, 0.2) is 22.7 Å². The van der Waals surface area contributed by atoms with E-state index in [9.17, 15) is 13.2 Å². The molecule has 7 heteroatoms. The van der Waals surface area contributed by atoms with Crippen molar-refractivity contribution < 1.29 is 17.9 Å². The third-order valence-electron chi connectivity index (χ3n) is 1.67. The summed E-state index contributed by atoms with van der Waals surface area (Å²) in [5.74, 6) is -0.538. The second kappa shape index (κ2) is 4.84. The number of ether oxygens (including phenoxy) is 1. The molecule has 0 radical (unpaired) electrons. The Labute approximate surface area is 102 Å². The van der Waals surface area contributed by atoms with Crippen LogP contribution in [-0.2, 0) is 14.8 Å². The van der Waals surface area contributed by atoms with Crippen LogP contribution < -0.4 is 4.72 Å². The molecule has 1 N–H and O–H groups in total. The van der Waals surface area contributed by atoms with Gasteiger partial charge in [-0.2, -0.15) is 0 Å². The Morgan fingerprint density at radius 2 is 2.06 bits per heavy atom. The van der Waals surface area contributed by atoms with Gasteiger partial charge in [-0.05, 0) is 34.1 Å². The molecule has 0 heterocycles. The molecule has 1 aromatic rings. The summed E-state index contributed by atoms with van der Waals surface area (Å²) in [6.07, 6.45) is 1.03. The molecular formula is C9H10BrNO4S. The number of hydrogen-bond acceptors (Lipinski definition) is 4. The number of anilines is 1. The fourth-order valence-electron chi connectivity index (χ4n) is 1.07. The maximum atomic E-state index is 11.3. The minimum absolute atomic E-state index is 0.260. The van der Waals surface area contributed by atoms with Gasteiger partial charge >= 0.3 is 5.97 Å². The van der Waals surface area contributed by atoms with E-state index in [1.54, 1.807) is 6.07 Å². The molecule has 0 atom stereocenters. The van der Waals surface area contributed by atoms with Crippen LogP contribution in [0.2, 0.25) is 0 Å². The van der Waals surface area contributed by atoms with E-state index in [1.807, 2.05) is 0 Å². The lowest BCUT2D eigenvalue weighted by Gasteiger charge is -2.07. The van der Waals surface area contributed by atoms with Gasteiger partial charge in [-0.1, -0.05) is 0 Å². The van der Waals surface area contributed by atoms with Crippen LogP contribution in [0, 0.1) is 0 Å². The Hall–Kier alpha value is -1.08. The largest absolute Gasteiger partial charge is 0.465 e. The zero-order valence-corrected chi connectivity index (χ0v) is 11.1. The quantitative estimate of drug-likeness (QED) is 0.861. The second-order valence-electron chi connectivity index (χ2n) is 3.06. The van der Waals surface area contributed by atoms with Crippen LogP contribution in [-0.4, -0.2) is 27.8 Å². The number of carbonyl (C=O) groups is 1. The Balaban J connectivity index is 3.12. The molecule has 0 spiro atoms. The maximum Gasteiger partial charge on any atom is 0.339 e. The molecule has 0 fully saturated rings. The highest BCUT2D eigenvalue weighted by atomic mass is 79.9. The zero-order chi connectivity index (χ0) is 12.3. The second-order valence-corrected chi connectivity index (χ2v) is 5.66. The highest BCUT2D eigenvalue weighted by Gasteiger charge is 2.12.